The maximum absolute atomic E-state index is 6.18. The summed E-state index contributed by atoms with van der Waals surface area (Å²) in [6.07, 6.45) is 0.849. The molecule has 2 nitrogen and oxygen atoms in total. The van der Waals surface area contributed by atoms with Crippen LogP contribution in [0.4, 0.5) is 5.69 Å². The van der Waals surface area contributed by atoms with Gasteiger partial charge >= 0.3 is 0 Å². The van der Waals surface area contributed by atoms with Crippen molar-refractivity contribution in [2.24, 2.45) is 0 Å². The van der Waals surface area contributed by atoms with E-state index in [1.165, 1.54) is 22.4 Å². The molecule has 0 spiro atoms. The second-order valence-corrected chi connectivity index (χ2v) is 5.10. The lowest BCUT2D eigenvalue weighted by molar-refractivity contribution is 0.596. The first kappa shape index (κ1) is 11.6. The van der Waals surface area contributed by atoms with Gasteiger partial charge in [-0.1, -0.05) is 36.4 Å². The molecule has 18 heavy (non-hydrogen) atoms. The van der Waals surface area contributed by atoms with Crippen molar-refractivity contribution in [1.29, 1.82) is 0 Å². The Morgan fingerprint density at radius 2 is 1.89 bits per heavy atom. The number of anilines is 1. The molecule has 1 heterocycles. The van der Waals surface area contributed by atoms with Crippen LogP contribution < -0.4 is 10.4 Å². The average molecular weight is 259 g/mol. The van der Waals surface area contributed by atoms with E-state index in [0.717, 1.165) is 6.42 Å². The van der Waals surface area contributed by atoms with E-state index in [1.54, 1.807) is 0 Å². The van der Waals surface area contributed by atoms with Crippen molar-refractivity contribution >= 4 is 17.3 Å². The summed E-state index contributed by atoms with van der Waals surface area (Å²) in [5.41, 5.74) is 8.14. The van der Waals surface area contributed by atoms with Gasteiger partial charge in [0.15, 0.2) is 0 Å². The largest absolute Gasteiger partial charge is 0.310 e. The number of hydrogen-bond acceptors (Lipinski definition) is 2. The molecule has 0 fully saturated rings. The Labute approximate surface area is 112 Å². The molecule has 1 aliphatic heterocycles. The summed E-state index contributed by atoms with van der Waals surface area (Å²) in [4.78, 5) is 0. The Kier molecular flexibility index (Phi) is 2.98. The standard InChI is InChI=1S/C15H15ClN2/c1-18-14-8-7-12(11-5-3-2-4-6-11)9-13(14)10-15(16)17-18/h2-9,15,17H,10H2,1H3. The summed E-state index contributed by atoms with van der Waals surface area (Å²) < 4.78 is 0. The van der Waals surface area contributed by atoms with Crippen LogP contribution in [-0.2, 0) is 6.42 Å². The van der Waals surface area contributed by atoms with Crippen molar-refractivity contribution in [2.45, 2.75) is 11.9 Å². The van der Waals surface area contributed by atoms with Gasteiger partial charge in [-0.15, -0.1) is 11.6 Å². The Bertz CT molecular complexity index is 554. The van der Waals surface area contributed by atoms with Gasteiger partial charge in [-0.05, 0) is 28.8 Å². The number of halogens is 1. The van der Waals surface area contributed by atoms with Crippen molar-refractivity contribution in [3.8, 4) is 11.1 Å². The highest BCUT2D eigenvalue weighted by Crippen LogP contribution is 2.30. The van der Waals surface area contributed by atoms with E-state index in [-0.39, 0.29) is 5.50 Å². The first-order valence-electron chi connectivity index (χ1n) is 6.06. The van der Waals surface area contributed by atoms with Crippen LogP contribution in [0.5, 0.6) is 0 Å². The second kappa shape index (κ2) is 4.63. The molecule has 92 valence electrons. The summed E-state index contributed by atoms with van der Waals surface area (Å²) >= 11 is 6.18. The van der Waals surface area contributed by atoms with Crippen molar-refractivity contribution in [3.05, 3.63) is 54.1 Å². The third-order valence-corrected chi connectivity index (χ3v) is 3.53. The fraction of sp³-hybridized carbons (Fsp3) is 0.200. The predicted octanol–water partition coefficient (Wildman–Crippen LogP) is 3.42. The Morgan fingerprint density at radius 1 is 1.11 bits per heavy atom. The van der Waals surface area contributed by atoms with Crippen LogP contribution in [0.1, 0.15) is 5.56 Å². The number of benzene rings is 2. The molecular weight excluding hydrogens is 244 g/mol. The first-order valence-corrected chi connectivity index (χ1v) is 6.50. The molecule has 0 aromatic heterocycles. The summed E-state index contributed by atoms with van der Waals surface area (Å²) in [6.45, 7) is 0. The molecule has 0 amide bonds. The van der Waals surface area contributed by atoms with E-state index in [0.29, 0.717) is 0 Å². The number of hydrazine groups is 1. The molecule has 1 N–H and O–H groups in total. The molecule has 0 aliphatic carbocycles. The quantitative estimate of drug-likeness (QED) is 0.623. The molecule has 1 atom stereocenters. The molecule has 0 saturated carbocycles. The lowest BCUT2D eigenvalue weighted by Crippen LogP contribution is -2.44. The van der Waals surface area contributed by atoms with Crippen molar-refractivity contribution in [2.75, 3.05) is 12.1 Å². The summed E-state index contributed by atoms with van der Waals surface area (Å²) in [5, 5.41) is 1.99. The van der Waals surface area contributed by atoms with E-state index >= 15 is 0 Å². The number of fused-ring (bicyclic) bond motifs is 1. The molecular formula is C15H15ClN2. The smallest absolute Gasteiger partial charge is 0.104 e. The highest BCUT2D eigenvalue weighted by atomic mass is 35.5. The minimum atomic E-state index is -0.0338. The minimum absolute atomic E-state index is 0.0338. The van der Waals surface area contributed by atoms with Crippen LogP contribution in [0.2, 0.25) is 0 Å². The predicted molar refractivity (Wildman–Crippen MR) is 76.8 cm³/mol. The monoisotopic (exact) mass is 258 g/mol. The molecule has 1 aliphatic rings. The highest BCUT2D eigenvalue weighted by Gasteiger charge is 2.19. The van der Waals surface area contributed by atoms with Gasteiger partial charge in [0.1, 0.15) is 5.50 Å². The number of alkyl halides is 1. The molecule has 0 saturated heterocycles. The normalized spacial score (nSPS) is 18.6. The van der Waals surface area contributed by atoms with E-state index in [1.807, 2.05) is 18.1 Å². The molecule has 1 unspecified atom stereocenters. The van der Waals surface area contributed by atoms with Crippen LogP contribution in [0.15, 0.2) is 48.5 Å². The van der Waals surface area contributed by atoms with Crippen molar-refractivity contribution in [3.63, 3.8) is 0 Å². The Morgan fingerprint density at radius 3 is 2.67 bits per heavy atom. The van der Waals surface area contributed by atoms with Gasteiger partial charge in [-0.3, -0.25) is 0 Å². The highest BCUT2D eigenvalue weighted by molar-refractivity contribution is 6.20. The van der Waals surface area contributed by atoms with Crippen LogP contribution >= 0.6 is 11.6 Å². The van der Waals surface area contributed by atoms with E-state index < -0.39 is 0 Å². The lowest BCUT2D eigenvalue weighted by atomic mass is 9.99. The van der Waals surface area contributed by atoms with Crippen LogP contribution in [0.3, 0.4) is 0 Å². The first-order chi connectivity index (χ1) is 8.74. The SMILES string of the molecule is CN1NC(Cl)Cc2cc(-c3ccccc3)ccc21. The van der Waals surface area contributed by atoms with Crippen LogP contribution in [0, 0.1) is 0 Å². The fourth-order valence-corrected chi connectivity index (χ4v) is 2.72. The van der Waals surface area contributed by atoms with Gasteiger partial charge in [0.2, 0.25) is 0 Å². The zero-order chi connectivity index (χ0) is 12.5. The number of nitrogens with one attached hydrogen (secondary N) is 1. The van der Waals surface area contributed by atoms with Gasteiger partial charge < -0.3 is 5.01 Å². The third-order valence-electron chi connectivity index (χ3n) is 3.28. The van der Waals surface area contributed by atoms with E-state index in [9.17, 15) is 0 Å². The third kappa shape index (κ3) is 2.09. The average Bonchev–Trinajstić information content (AvgIpc) is 2.39. The molecule has 3 heteroatoms. The van der Waals surface area contributed by atoms with Crippen LogP contribution in [0.25, 0.3) is 11.1 Å². The van der Waals surface area contributed by atoms with Crippen molar-refractivity contribution < 1.29 is 0 Å². The summed E-state index contributed by atoms with van der Waals surface area (Å²) in [7, 11) is 2.00. The van der Waals surface area contributed by atoms with Crippen molar-refractivity contribution in [1.82, 2.24) is 5.43 Å². The molecule has 2 aromatic carbocycles. The van der Waals surface area contributed by atoms with Gasteiger partial charge in [-0.2, -0.15) is 0 Å². The molecule has 3 rings (SSSR count). The molecule has 0 bridgehead atoms. The zero-order valence-corrected chi connectivity index (χ0v) is 11.0. The number of nitrogens with zero attached hydrogens (tertiary/aromatic N) is 1. The molecule has 2 aromatic rings. The number of hydrogen-bond donors (Lipinski definition) is 1. The van der Waals surface area contributed by atoms with Gasteiger partial charge in [-0.25, -0.2) is 5.43 Å². The van der Waals surface area contributed by atoms with Gasteiger partial charge in [0.05, 0.1) is 5.69 Å². The van der Waals surface area contributed by atoms with Crippen LogP contribution in [-0.4, -0.2) is 12.5 Å². The van der Waals surface area contributed by atoms with Gasteiger partial charge in [0.25, 0.3) is 0 Å². The zero-order valence-electron chi connectivity index (χ0n) is 10.2. The Hall–Kier alpha value is -1.51. The summed E-state index contributed by atoms with van der Waals surface area (Å²) in [6, 6.07) is 17.0. The topological polar surface area (TPSA) is 15.3 Å². The maximum Gasteiger partial charge on any atom is 0.104 e. The van der Waals surface area contributed by atoms with Gasteiger partial charge in [0, 0.05) is 13.5 Å². The molecule has 0 radical (unpaired) electrons. The van der Waals surface area contributed by atoms with E-state index in [2.05, 4.69) is 47.9 Å². The van der Waals surface area contributed by atoms with E-state index in [4.69, 9.17) is 11.6 Å². The number of rotatable bonds is 1. The maximum atomic E-state index is 6.18. The lowest BCUT2D eigenvalue weighted by Gasteiger charge is -2.31. The minimum Gasteiger partial charge on any atom is -0.310 e. The second-order valence-electron chi connectivity index (χ2n) is 4.57. The summed E-state index contributed by atoms with van der Waals surface area (Å²) in [5.74, 6) is 0. The fourth-order valence-electron chi connectivity index (χ4n) is 2.40. The Balaban J connectivity index is 2.03.